The molecule has 104 valence electrons. The number of thioether (sulfide) groups is 1. The predicted octanol–water partition coefficient (Wildman–Crippen LogP) is 1.10. The molecule has 0 spiro atoms. The van der Waals surface area contributed by atoms with Crippen LogP contribution >= 0.6 is 11.8 Å². The molecule has 2 rings (SSSR count). The average molecular weight is 282 g/mol. The average Bonchev–Trinajstić information content (AvgIpc) is 2.65. The molecule has 1 aromatic rings. The van der Waals surface area contributed by atoms with Gasteiger partial charge in [0.2, 0.25) is 5.91 Å². The molecule has 0 atom stereocenters. The van der Waals surface area contributed by atoms with E-state index in [1.807, 2.05) is 0 Å². The summed E-state index contributed by atoms with van der Waals surface area (Å²) < 4.78 is 0. The topological polar surface area (TPSA) is 87.7 Å². The molecular formula is C12H18N4O2S. The molecule has 1 heterocycles. The van der Waals surface area contributed by atoms with Crippen LogP contribution in [0, 0.1) is 0 Å². The lowest BCUT2D eigenvalue weighted by atomic mass is 10.1. The minimum Gasteiger partial charge on any atom is -0.353 e. The number of amides is 1. The lowest BCUT2D eigenvalue weighted by Crippen LogP contribution is -2.35. The summed E-state index contributed by atoms with van der Waals surface area (Å²) in [6, 6.07) is 0.302. The zero-order valence-electron chi connectivity index (χ0n) is 10.7. The summed E-state index contributed by atoms with van der Waals surface area (Å²) in [6.45, 7) is 0. The van der Waals surface area contributed by atoms with Crippen LogP contribution in [0.15, 0.2) is 16.1 Å². The molecule has 1 aliphatic carbocycles. The Labute approximate surface area is 115 Å². The number of aromatic nitrogens is 3. The van der Waals surface area contributed by atoms with Gasteiger partial charge in [0.25, 0.3) is 5.56 Å². The third-order valence-electron chi connectivity index (χ3n) is 3.11. The van der Waals surface area contributed by atoms with E-state index in [1.54, 1.807) is 0 Å². The van der Waals surface area contributed by atoms with Gasteiger partial charge in [0.15, 0.2) is 5.16 Å². The molecule has 0 radical (unpaired) electrons. The maximum absolute atomic E-state index is 11.8. The first-order valence-electron chi connectivity index (χ1n) is 6.58. The quantitative estimate of drug-likeness (QED) is 0.637. The molecule has 7 heteroatoms. The highest BCUT2D eigenvalue weighted by Crippen LogP contribution is 2.17. The second kappa shape index (κ2) is 7.28. The molecule has 0 unspecified atom stereocenters. The highest BCUT2D eigenvalue weighted by Gasteiger charge is 2.14. The summed E-state index contributed by atoms with van der Waals surface area (Å²) in [7, 11) is 0. The van der Waals surface area contributed by atoms with E-state index < -0.39 is 0 Å². The van der Waals surface area contributed by atoms with Crippen LogP contribution in [0.1, 0.15) is 38.5 Å². The molecule has 0 saturated heterocycles. The van der Waals surface area contributed by atoms with Crippen LogP contribution in [-0.2, 0) is 4.79 Å². The van der Waals surface area contributed by atoms with Crippen molar-refractivity contribution in [2.24, 2.45) is 0 Å². The lowest BCUT2D eigenvalue weighted by Gasteiger charge is -2.15. The summed E-state index contributed by atoms with van der Waals surface area (Å²) in [5.74, 6) is 0.244. The number of hydrogen-bond acceptors (Lipinski definition) is 5. The smallest absolute Gasteiger partial charge is 0.270 e. The summed E-state index contributed by atoms with van der Waals surface area (Å²) in [5, 5.41) is 10.7. The van der Waals surface area contributed by atoms with Crippen LogP contribution in [0.4, 0.5) is 0 Å². The Morgan fingerprint density at radius 3 is 2.79 bits per heavy atom. The number of rotatable bonds is 4. The van der Waals surface area contributed by atoms with Crippen molar-refractivity contribution >= 4 is 17.7 Å². The van der Waals surface area contributed by atoms with Crippen molar-refractivity contribution in [2.75, 3.05) is 5.75 Å². The summed E-state index contributed by atoms with van der Waals surface area (Å²) >= 11 is 1.20. The monoisotopic (exact) mass is 282 g/mol. The van der Waals surface area contributed by atoms with Gasteiger partial charge in [0.1, 0.15) is 6.20 Å². The first kappa shape index (κ1) is 14.0. The normalized spacial score (nSPS) is 16.8. The number of aromatic amines is 1. The highest BCUT2D eigenvalue weighted by atomic mass is 32.2. The van der Waals surface area contributed by atoms with Gasteiger partial charge in [-0.05, 0) is 12.8 Å². The molecule has 1 amide bonds. The summed E-state index contributed by atoms with van der Waals surface area (Å²) in [5.41, 5.74) is -0.304. The first-order valence-corrected chi connectivity index (χ1v) is 7.57. The molecule has 0 bridgehead atoms. The standard InChI is InChI=1S/C12H18N4O2S/c17-10-7-13-16-12(15-10)19-8-11(18)14-9-5-3-1-2-4-6-9/h7,9H,1-6,8H2,(H,14,18)(H,15,16,17). The Morgan fingerprint density at radius 1 is 1.37 bits per heavy atom. The number of H-pyrrole nitrogens is 1. The van der Waals surface area contributed by atoms with Gasteiger partial charge in [0.05, 0.1) is 5.75 Å². The van der Waals surface area contributed by atoms with Crippen LogP contribution < -0.4 is 10.9 Å². The maximum Gasteiger partial charge on any atom is 0.270 e. The summed E-state index contributed by atoms with van der Waals surface area (Å²) in [4.78, 5) is 25.4. The van der Waals surface area contributed by atoms with Gasteiger partial charge < -0.3 is 5.32 Å². The Kier molecular flexibility index (Phi) is 5.38. The molecule has 1 aliphatic rings. The SMILES string of the molecule is O=C(CSc1nncc(=O)[nH]1)NC1CCCCCC1. The van der Waals surface area contributed by atoms with E-state index in [9.17, 15) is 9.59 Å². The Balaban J connectivity index is 1.76. The third kappa shape index (κ3) is 5.02. The minimum atomic E-state index is -0.304. The highest BCUT2D eigenvalue weighted by molar-refractivity contribution is 7.99. The van der Waals surface area contributed by atoms with E-state index in [1.165, 1.54) is 37.4 Å². The summed E-state index contributed by atoms with van der Waals surface area (Å²) in [6.07, 6.45) is 8.15. The zero-order chi connectivity index (χ0) is 13.5. The van der Waals surface area contributed by atoms with Crippen molar-refractivity contribution in [1.29, 1.82) is 0 Å². The first-order chi connectivity index (χ1) is 9.24. The fourth-order valence-electron chi connectivity index (χ4n) is 2.19. The van der Waals surface area contributed by atoms with E-state index >= 15 is 0 Å². The van der Waals surface area contributed by atoms with Gasteiger partial charge in [-0.25, -0.2) is 0 Å². The Bertz CT molecular complexity index is 469. The van der Waals surface area contributed by atoms with Crippen LogP contribution in [-0.4, -0.2) is 32.9 Å². The maximum atomic E-state index is 11.8. The van der Waals surface area contributed by atoms with Gasteiger partial charge in [-0.2, -0.15) is 5.10 Å². The Morgan fingerprint density at radius 2 is 2.11 bits per heavy atom. The fraction of sp³-hybridized carbons (Fsp3) is 0.667. The van der Waals surface area contributed by atoms with E-state index in [0.717, 1.165) is 19.0 Å². The van der Waals surface area contributed by atoms with Crippen molar-refractivity contribution in [3.05, 3.63) is 16.6 Å². The van der Waals surface area contributed by atoms with Gasteiger partial charge in [-0.15, -0.1) is 5.10 Å². The van der Waals surface area contributed by atoms with Gasteiger partial charge in [-0.3, -0.25) is 14.6 Å². The lowest BCUT2D eigenvalue weighted by molar-refractivity contribution is -0.119. The second-order valence-electron chi connectivity index (χ2n) is 4.68. The van der Waals surface area contributed by atoms with E-state index in [2.05, 4.69) is 20.5 Å². The van der Waals surface area contributed by atoms with Gasteiger partial charge in [-0.1, -0.05) is 37.4 Å². The molecule has 1 saturated carbocycles. The molecule has 1 fully saturated rings. The van der Waals surface area contributed by atoms with Crippen molar-refractivity contribution in [3.8, 4) is 0 Å². The number of hydrogen-bond donors (Lipinski definition) is 2. The molecular weight excluding hydrogens is 264 g/mol. The zero-order valence-corrected chi connectivity index (χ0v) is 11.5. The molecule has 6 nitrogen and oxygen atoms in total. The van der Waals surface area contributed by atoms with Gasteiger partial charge >= 0.3 is 0 Å². The molecule has 19 heavy (non-hydrogen) atoms. The number of nitrogens with zero attached hydrogens (tertiary/aromatic N) is 2. The number of carbonyl (C=O) groups is 1. The largest absolute Gasteiger partial charge is 0.353 e. The Hall–Kier alpha value is -1.37. The van der Waals surface area contributed by atoms with E-state index in [4.69, 9.17) is 0 Å². The predicted molar refractivity (Wildman–Crippen MR) is 73.0 cm³/mol. The van der Waals surface area contributed by atoms with Crippen LogP contribution in [0.3, 0.4) is 0 Å². The van der Waals surface area contributed by atoms with Gasteiger partial charge in [0, 0.05) is 6.04 Å². The van der Waals surface area contributed by atoms with Crippen molar-refractivity contribution in [2.45, 2.75) is 49.7 Å². The molecule has 1 aromatic heterocycles. The van der Waals surface area contributed by atoms with Crippen molar-refractivity contribution in [3.63, 3.8) is 0 Å². The van der Waals surface area contributed by atoms with E-state index in [-0.39, 0.29) is 17.2 Å². The number of carbonyl (C=O) groups excluding carboxylic acids is 1. The van der Waals surface area contributed by atoms with E-state index in [0.29, 0.717) is 11.2 Å². The van der Waals surface area contributed by atoms with Crippen LogP contribution in [0.25, 0.3) is 0 Å². The fourth-order valence-corrected chi connectivity index (χ4v) is 2.82. The third-order valence-corrected chi connectivity index (χ3v) is 3.98. The minimum absolute atomic E-state index is 0.0107. The van der Waals surface area contributed by atoms with Crippen molar-refractivity contribution in [1.82, 2.24) is 20.5 Å². The molecule has 0 aromatic carbocycles. The van der Waals surface area contributed by atoms with Crippen LogP contribution in [0.5, 0.6) is 0 Å². The van der Waals surface area contributed by atoms with Crippen molar-refractivity contribution < 1.29 is 4.79 Å². The number of nitrogens with one attached hydrogen (secondary N) is 2. The second-order valence-corrected chi connectivity index (χ2v) is 5.65. The van der Waals surface area contributed by atoms with Crippen LogP contribution in [0.2, 0.25) is 0 Å². The molecule has 2 N–H and O–H groups in total. The molecule has 0 aliphatic heterocycles.